The van der Waals surface area contributed by atoms with E-state index in [0.29, 0.717) is 37.2 Å². The Labute approximate surface area is 145 Å². The van der Waals surface area contributed by atoms with Gasteiger partial charge in [0.05, 0.1) is 13.2 Å². The molecular weight excluding hydrogens is 322 g/mol. The monoisotopic (exact) mass is 343 g/mol. The van der Waals surface area contributed by atoms with Crippen molar-refractivity contribution in [1.29, 1.82) is 0 Å². The number of hydrogen-bond acceptors (Lipinski definition) is 7. The summed E-state index contributed by atoms with van der Waals surface area (Å²) < 4.78 is 5.72. The fraction of sp³-hybridized carbons (Fsp3) is 0.562. The van der Waals surface area contributed by atoms with Gasteiger partial charge in [0, 0.05) is 25.8 Å². The second-order valence-electron chi connectivity index (χ2n) is 6.33. The number of amides is 1. The second-order valence-corrected chi connectivity index (χ2v) is 6.33. The van der Waals surface area contributed by atoms with Crippen molar-refractivity contribution in [2.45, 2.75) is 25.9 Å². The standard InChI is InChI=1S/C16H21N7O2/c1-11-18-14(21-20-11)13-10-23(8-9-25-13)15(24)12-4-5-17-16(19-12)22-6-2-3-7-22/h4-5,13H,2-3,6-10H2,1H3,(H,18,20,21)/t13-/m1/s1. The van der Waals surface area contributed by atoms with E-state index >= 15 is 0 Å². The second kappa shape index (κ2) is 6.75. The molecule has 0 unspecified atom stereocenters. The number of nitrogens with one attached hydrogen (secondary N) is 1. The van der Waals surface area contributed by atoms with Gasteiger partial charge in [-0.15, -0.1) is 0 Å². The van der Waals surface area contributed by atoms with E-state index < -0.39 is 0 Å². The Bertz CT molecular complexity index is 756. The van der Waals surface area contributed by atoms with Crippen LogP contribution in [-0.4, -0.2) is 68.7 Å². The van der Waals surface area contributed by atoms with Gasteiger partial charge in [0.1, 0.15) is 17.6 Å². The van der Waals surface area contributed by atoms with Gasteiger partial charge in [0.25, 0.3) is 5.91 Å². The molecule has 1 atom stereocenters. The summed E-state index contributed by atoms with van der Waals surface area (Å²) in [5, 5.41) is 6.95. The van der Waals surface area contributed by atoms with E-state index in [1.54, 1.807) is 17.2 Å². The zero-order valence-corrected chi connectivity index (χ0v) is 14.2. The van der Waals surface area contributed by atoms with Crippen LogP contribution in [0.15, 0.2) is 12.3 Å². The summed E-state index contributed by atoms with van der Waals surface area (Å²) >= 11 is 0. The highest BCUT2D eigenvalue weighted by Crippen LogP contribution is 2.21. The van der Waals surface area contributed by atoms with Gasteiger partial charge in [-0.1, -0.05) is 0 Å². The highest BCUT2D eigenvalue weighted by molar-refractivity contribution is 5.92. The molecule has 0 aromatic carbocycles. The number of anilines is 1. The molecule has 1 amide bonds. The van der Waals surface area contributed by atoms with Gasteiger partial charge in [0.15, 0.2) is 5.82 Å². The van der Waals surface area contributed by atoms with E-state index in [4.69, 9.17) is 4.74 Å². The zero-order valence-electron chi connectivity index (χ0n) is 14.2. The molecular formula is C16H21N7O2. The zero-order chi connectivity index (χ0) is 17.2. The van der Waals surface area contributed by atoms with Gasteiger partial charge in [-0.05, 0) is 25.8 Å². The summed E-state index contributed by atoms with van der Waals surface area (Å²) in [4.78, 5) is 29.8. The maximum atomic E-state index is 12.9. The molecule has 9 heteroatoms. The van der Waals surface area contributed by atoms with E-state index in [1.165, 1.54) is 0 Å². The van der Waals surface area contributed by atoms with Gasteiger partial charge in [-0.3, -0.25) is 9.89 Å². The summed E-state index contributed by atoms with van der Waals surface area (Å²) in [6.45, 7) is 5.13. The Morgan fingerprint density at radius 2 is 2.12 bits per heavy atom. The first-order valence-electron chi connectivity index (χ1n) is 8.58. The van der Waals surface area contributed by atoms with Crippen molar-refractivity contribution in [3.63, 3.8) is 0 Å². The van der Waals surface area contributed by atoms with Crippen LogP contribution in [0.3, 0.4) is 0 Å². The minimum absolute atomic E-state index is 0.108. The molecule has 4 rings (SSSR count). The molecule has 4 heterocycles. The SMILES string of the molecule is Cc1nc([C@H]2CN(C(=O)c3ccnc(N4CCCC4)n3)CCO2)n[nH]1. The molecule has 132 valence electrons. The van der Waals surface area contributed by atoms with Gasteiger partial charge >= 0.3 is 0 Å². The number of aryl methyl sites for hydroxylation is 1. The van der Waals surface area contributed by atoms with E-state index in [2.05, 4.69) is 30.0 Å². The number of morpholine rings is 1. The number of aromatic nitrogens is 5. The highest BCUT2D eigenvalue weighted by atomic mass is 16.5. The lowest BCUT2D eigenvalue weighted by Gasteiger charge is -2.31. The Balaban J connectivity index is 1.49. The van der Waals surface area contributed by atoms with Gasteiger partial charge in [-0.2, -0.15) is 5.10 Å². The molecule has 2 aromatic heterocycles. The molecule has 2 aliphatic rings. The van der Waals surface area contributed by atoms with Crippen molar-refractivity contribution in [1.82, 2.24) is 30.0 Å². The van der Waals surface area contributed by atoms with E-state index in [9.17, 15) is 4.79 Å². The molecule has 0 radical (unpaired) electrons. The van der Waals surface area contributed by atoms with Crippen molar-refractivity contribution >= 4 is 11.9 Å². The minimum Gasteiger partial charge on any atom is -0.366 e. The van der Waals surface area contributed by atoms with Crippen molar-refractivity contribution in [3.05, 3.63) is 29.6 Å². The number of hydrogen-bond donors (Lipinski definition) is 1. The first kappa shape index (κ1) is 15.9. The third-order valence-corrected chi connectivity index (χ3v) is 4.51. The fourth-order valence-electron chi connectivity index (χ4n) is 3.19. The number of carbonyl (C=O) groups excluding carboxylic acids is 1. The third kappa shape index (κ3) is 3.32. The van der Waals surface area contributed by atoms with Crippen LogP contribution in [0.2, 0.25) is 0 Å². The lowest BCUT2D eigenvalue weighted by atomic mass is 10.2. The maximum Gasteiger partial charge on any atom is 0.272 e. The average molecular weight is 343 g/mol. The van der Waals surface area contributed by atoms with E-state index in [0.717, 1.165) is 31.8 Å². The average Bonchev–Trinajstić information content (AvgIpc) is 3.33. The van der Waals surface area contributed by atoms with Crippen LogP contribution in [0.5, 0.6) is 0 Å². The predicted octanol–water partition coefficient (Wildman–Crippen LogP) is 0.717. The Morgan fingerprint density at radius 1 is 1.28 bits per heavy atom. The first-order valence-corrected chi connectivity index (χ1v) is 8.58. The molecule has 2 aromatic rings. The summed E-state index contributed by atoms with van der Waals surface area (Å²) in [7, 11) is 0. The van der Waals surface area contributed by atoms with Crippen LogP contribution in [-0.2, 0) is 4.74 Å². The van der Waals surface area contributed by atoms with E-state index in [1.807, 2.05) is 6.92 Å². The quantitative estimate of drug-likeness (QED) is 0.876. The van der Waals surface area contributed by atoms with Gasteiger partial charge in [0.2, 0.25) is 5.95 Å². The largest absolute Gasteiger partial charge is 0.366 e. The Kier molecular flexibility index (Phi) is 4.31. The molecule has 1 N–H and O–H groups in total. The third-order valence-electron chi connectivity index (χ3n) is 4.51. The number of carbonyl (C=O) groups is 1. The number of aromatic amines is 1. The molecule has 9 nitrogen and oxygen atoms in total. The summed E-state index contributed by atoms with van der Waals surface area (Å²) in [5.41, 5.74) is 0.420. The minimum atomic E-state index is -0.317. The van der Waals surface area contributed by atoms with Gasteiger partial charge in [-0.25, -0.2) is 15.0 Å². The van der Waals surface area contributed by atoms with Crippen molar-refractivity contribution in [2.75, 3.05) is 37.7 Å². The summed E-state index contributed by atoms with van der Waals surface area (Å²) in [5.74, 6) is 1.84. The molecule has 0 aliphatic carbocycles. The molecule has 0 saturated carbocycles. The maximum absolute atomic E-state index is 12.9. The van der Waals surface area contributed by atoms with Crippen LogP contribution in [0.1, 0.15) is 41.1 Å². The number of rotatable bonds is 3. The van der Waals surface area contributed by atoms with Crippen LogP contribution in [0.25, 0.3) is 0 Å². The number of H-pyrrole nitrogens is 1. The predicted molar refractivity (Wildman–Crippen MR) is 89.2 cm³/mol. The lowest BCUT2D eigenvalue weighted by molar-refractivity contribution is -0.0268. The molecule has 2 saturated heterocycles. The first-order chi connectivity index (χ1) is 12.2. The molecule has 0 bridgehead atoms. The Morgan fingerprint density at radius 3 is 2.88 bits per heavy atom. The summed E-state index contributed by atoms with van der Waals surface area (Å²) in [6, 6.07) is 1.67. The van der Waals surface area contributed by atoms with Crippen molar-refractivity contribution in [3.8, 4) is 0 Å². The lowest BCUT2D eigenvalue weighted by Crippen LogP contribution is -2.43. The van der Waals surface area contributed by atoms with E-state index in [-0.39, 0.29) is 12.0 Å². The van der Waals surface area contributed by atoms with Crippen LogP contribution < -0.4 is 4.90 Å². The normalized spacial score (nSPS) is 20.9. The molecule has 2 aliphatic heterocycles. The number of ether oxygens (including phenoxy) is 1. The van der Waals surface area contributed by atoms with Crippen molar-refractivity contribution < 1.29 is 9.53 Å². The van der Waals surface area contributed by atoms with Crippen LogP contribution in [0.4, 0.5) is 5.95 Å². The Hall–Kier alpha value is -2.55. The molecule has 0 spiro atoms. The molecule has 25 heavy (non-hydrogen) atoms. The smallest absolute Gasteiger partial charge is 0.272 e. The van der Waals surface area contributed by atoms with Crippen LogP contribution in [0, 0.1) is 6.92 Å². The molecule has 2 fully saturated rings. The number of nitrogens with zero attached hydrogens (tertiary/aromatic N) is 6. The highest BCUT2D eigenvalue weighted by Gasteiger charge is 2.29. The van der Waals surface area contributed by atoms with Crippen LogP contribution >= 0.6 is 0 Å². The van der Waals surface area contributed by atoms with Crippen molar-refractivity contribution in [2.24, 2.45) is 0 Å². The topological polar surface area (TPSA) is 100 Å². The summed E-state index contributed by atoms with van der Waals surface area (Å²) in [6.07, 6.45) is 3.62. The van der Waals surface area contributed by atoms with Gasteiger partial charge < -0.3 is 14.5 Å². The fourth-order valence-corrected chi connectivity index (χ4v) is 3.19.